The van der Waals surface area contributed by atoms with Crippen molar-refractivity contribution in [3.05, 3.63) is 0 Å². The molecule has 0 saturated carbocycles. The quantitative estimate of drug-likeness (QED) is 0.653. The Hall–Kier alpha value is -0.730. The molecule has 0 spiro atoms. The standard InChI is InChI=1S/C15H29NO2/c1-14(2,3)12-9-7-8-10-16(11-12)13(17)18-15(4,5)6/h12H,7-11H2,1-6H3. The Bertz CT molecular complexity index is 286. The second kappa shape index (κ2) is 5.50. The van der Waals surface area contributed by atoms with Gasteiger partial charge < -0.3 is 9.64 Å². The summed E-state index contributed by atoms with van der Waals surface area (Å²) in [6, 6.07) is 0. The first-order valence-electron chi connectivity index (χ1n) is 7.07. The normalized spacial score (nSPS) is 22.6. The van der Waals surface area contributed by atoms with Crippen LogP contribution in [0.2, 0.25) is 0 Å². The molecule has 1 saturated heterocycles. The van der Waals surface area contributed by atoms with Crippen LogP contribution in [0.4, 0.5) is 4.79 Å². The molecule has 0 aromatic carbocycles. The Morgan fingerprint density at radius 1 is 1.11 bits per heavy atom. The summed E-state index contributed by atoms with van der Waals surface area (Å²) in [5.41, 5.74) is -0.148. The van der Waals surface area contributed by atoms with E-state index in [0.29, 0.717) is 5.92 Å². The van der Waals surface area contributed by atoms with E-state index in [4.69, 9.17) is 4.74 Å². The molecule has 3 heteroatoms. The van der Waals surface area contributed by atoms with Crippen LogP contribution in [0.3, 0.4) is 0 Å². The minimum Gasteiger partial charge on any atom is -0.444 e. The minimum absolute atomic E-state index is 0.154. The monoisotopic (exact) mass is 255 g/mol. The summed E-state index contributed by atoms with van der Waals surface area (Å²) < 4.78 is 5.48. The van der Waals surface area contributed by atoms with E-state index in [1.54, 1.807) is 0 Å². The predicted molar refractivity (Wildman–Crippen MR) is 74.6 cm³/mol. The van der Waals surface area contributed by atoms with Gasteiger partial charge in [-0.25, -0.2) is 4.79 Å². The van der Waals surface area contributed by atoms with Crippen LogP contribution in [0.1, 0.15) is 60.8 Å². The molecule has 106 valence electrons. The number of hydrogen-bond acceptors (Lipinski definition) is 2. The van der Waals surface area contributed by atoms with Crippen molar-refractivity contribution in [2.24, 2.45) is 11.3 Å². The summed E-state index contributed by atoms with van der Waals surface area (Å²) in [6.45, 7) is 14.2. The number of carbonyl (C=O) groups is 1. The van der Waals surface area contributed by atoms with Gasteiger partial charge in [-0.05, 0) is 44.9 Å². The van der Waals surface area contributed by atoms with Crippen LogP contribution in [0.5, 0.6) is 0 Å². The molecule has 3 nitrogen and oxygen atoms in total. The van der Waals surface area contributed by atoms with E-state index < -0.39 is 5.60 Å². The van der Waals surface area contributed by atoms with Crippen molar-refractivity contribution in [2.45, 2.75) is 66.4 Å². The van der Waals surface area contributed by atoms with Crippen molar-refractivity contribution in [2.75, 3.05) is 13.1 Å². The first-order valence-corrected chi connectivity index (χ1v) is 7.07. The van der Waals surface area contributed by atoms with Crippen LogP contribution in [0.15, 0.2) is 0 Å². The van der Waals surface area contributed by atoms with E-state index in [-0.39, 0.29) is 11.5 Å². The summed E-state index contributed by atoms with van der Waals surface area (Å²) in [6.07, 6.45) is 3.36. The molecule has 1 rings (SSSR count). The van der Waals surface area contributed by atoms with Gasteiger partial charge in [0.05, 0.1) is 0 Å². The third kappa shape index (κ3) is 4.87. The number of ether oxygens (including phenoxy) is 1. The summed E-state index contributed by atoms with van der Waals surface area (Å²) in [4.78, 5) is 14.0. The molecule has 1 atom stereocenters. The van der Waals surface area contributed by atoms with Crippen LogP contribution in [-0.2, 0) is 4.74 Å². The number of amides is 1. The van der Waals surface area contributed by atoms with E-state index in [2.05, 4.69) is 20.8 Å². The third-order valence-corrected chi connectivity index (χ3v) is 3.55. The van der Waals surface area contributed by atoms with Crippen molar-refractivity contribution >= 4 is 6.09 Å². The lowest BCUT2D eigenvalue weighted by Gasteiger charge is -2.34. The number of hydrogen-bond donors (Lipinski definition) is 0. The molecule has 0 aromatic heterocycles. The molecule has 1 aliphatic rings. The van der Waals surface area contributed by atoms with Gasteiger partial charge in [0.25, 0.3) is 0 Å². The van der Waals surface area contributed by atoms with Gasteiger partial charge in [-0.3, -0.25) is 0 Å². The van der Waals surface area contributed by atoms with Gasteiger partial charge in [0.1, 0.15) is 5.60 Å². The van der Waals surface area contributed by atoms with E-state index in [1.807, 2.05) is 25.7 Å². The van der Waals surface area contributed by atoms with E-state index in [0.717, 1.165) is 19.5 Å². The predicted octanol–water partition coefficient (Wildman–Crippen LogP) is 4.07. The summed E-state index contributed by atoms with van der Waals surface area (Å²) in [5, 5.41) is 0. The fourth-order valence-electron chi connectivity index (χ4n) is 2.34. The SMILES string of the molecule is CC(C)(C)OC(=O)N1CCCCC(C(C)(C)C)C1. The second-order valence-corrected chi connectivity index (χ2v) is 7.49. The maximum atomic E-state index is 12.1. The summed E-state index contributed by atoms with van der Waals surface area (Å²) >= 11 is 0. The Balaban J connectivity index is 2.67. The third-order valence-electron chi connectivity index (χ3n) is 3.55. The van der Waals surface area contributed by atoms with Crippen molar-refractivity contribution in [3.8, 4) is 0 Å². The van der Waals surface area contributed by atoms with Gasteiger partial charge in [0.2, 0.25) is 0 Å². The Morgan fingerprint density at radius 3 is 2.22 bits per heavy atom. The Morgan fingerprint density at radius 2 is 1.72 bits per heavy atom. The van der Waals surface area contributed by atoms with Gasteiger partial charge in [-0.15, -0.1) is 0 Å². The van der Waals surface area contributed by atoms with Crippen molar-refractivity contribution < 1.29 is 9.53 Å². The van der Waals surface area contributed by atoms with Gasteiger partial charge in [0.15, 0.2) is 0 Å². The zero-order valence-electron chi connectivity index (χ0n) is 12.9. The highest BCUT2D eigenvalue weighted by Gasteiger charge is 2.31. The minimum atomic E-state index is -0.402. The number of nitrogens with zero attached hydrogens (tertiary/aromatic N) is 1. The molecule has 0 aliphatic carbocycles. The molecule has 0 aromatic rings. The van der Waals surface area contributed by atoms with E-state index >= 15 is 0 Å². The fraction of sp³-hybridized carbons (Fsp3) is 0.933. The first kappa shape index (κ1) is 15.3. The van der Waals surface area contributed by atoms with Crippen LogP contribution in [0.25, 0.3) is 0 Å². The lowest BCUT2D eigenvalue weighted by Crippen LogP contribution is -2.41. The second-order valence-electron chi connectivity index (χ2n) is 7.49. The van der Waals surface area contributed by atoms with Gasteiger partial charge in [-0.1, -0.05) is 27.2 Å². The summed E-state index contributed by atoms with van der Waals surface area (Å²) in [5.74, 6) is 0.563. The molecule has 1 fully saturated rings. The van der Waals surface area contributed by atoms with E-state index in [1.165, 1.54) is 12.8 Å². The molecule has 0 bridgehead atoms. The fourth-order valence-corrected chi connectivity index (χ4v) is 2.34. The molecule has 1 amide bonds. The zero-order valence-corrected chi connectivity index (χ0v) is 12.9. The number of carbonyl (C=O) groups excluding carboxylic acids is 1. The highest BCUT2D eigenvalue weighted by molar-refractivity contribution is 5.68. The maximum absolute atomic E-state index is 12.1. The van der Waals surface area contributed by atoms with Gasteiger partial charge in [0, 0.05) is 13.1 Å². The van der Waals surface area contributed by atoms with Crippen LogP contribution < -0.4 is 0 Å². The molecule has 0 radical (unpaired) electrons. The lowest BCUT2D eigenvalue weighted by atomic mass is 9.78. The van der Waals surface area contributed by atoms with E-state index in [9.17, 15) is 4.79 Å². The molecule has 0 N–H and O–H groups in total. The molecule has 1 aliphatic heterocycles. The topological polar surface area (TPSA) is 29.5 Å². The zero-order chi connectivity index (χ0) is 14.0. The Kier molecular flexibility index (Phi) is 4.68. The van der Waals surface area contributed by atoms with Gasteiger partial charge in [-0.2, -0.15) is 0 Å². The van der Waals surface area contributed by atoms with Crippen molar-refractivity contribution in [1.29, 1.82) is 0 Å². The lowest BCUT2D eigenvalue weighted by molar-refractivity contribution is 0.0199. The van der Waals surface area contributed by atoms with Crippen LogP contribution >= 0.6 is 0 Å². The highest BCUT2D eigenvalue weighted by Crippen LogP contribution is 2.33. The average molecular weight is 255 g/mol. The first-order chi connectivity index (χ1) is 8.09. The van der Waals surface area contributed by atoms with Crippen molar-refractivity contribution in [1.82, 2.24) is 4.90 Å². The molecule has 1 heterocycles. The van der Waals surface area contributed by atoms with Crippen LogP contribution in [0, 0.1) is 11.3 Å². The molecular weight excluding hydrogens is 226 g/mol. The number of likely N-dealkylation sites (tertiary alicyclic amines) is 1. The van der Waals surface area contributed by atoms with Crippen LogP contribution in [-0.4, -0.2) is 29.7 Å². The molecule has 18 heavy (non-hydrogen) atoms. The maximum Gasteiger partial charge on any atom is 0.410 e. The van der Waals surface area contributed by atoms with Gasteiger partial charge >= 0.3 is 6.09 Å². The largest absolute Gasteiger partial charge is 0.444 e. The molecular formula is C15H29NO2. The van der Waals surface area contributed by atoms with Crippen molar-refractivity contribution in [3.63, 3.8) is 0 Å². The number of rotatable bonds is 0. The Labute approximate surface area is 112 Å². The average Bonchev–Trinajstić information content (AvgIpc) is 2.38. The molecule has 1 unspecified atom stereocenters. The highest BCUT2D eigenvalue weighted by atomic mass is 16.6. The summed E-state index contributed by atoms with van der Waals surface area (Å²) in [7, 11) is 0. The smallest absolute Gasteiger partial charge is 0.410 e.